The highest BCUT2D eigenvalue weighted by Crippen LogP contribution is 2.31. The number of ether oxygens (including phenoxy) is 2. The molecule has 1 aromatic carbocycles. The largest absolute Gasteiger partial charge is 0.462 e. The molecule has 0 unspecified atom stereocenters. The van der Waals surface area contributed by atoms with Gasteiger partial charge in [-0.2, -0.15) is 0 Å². The molecule has 0 aliphatic carbocycles. The summed E-state index contributed by atoms with van der Waals surface area (Å²) >= 11 is 1.43. The minimum Gasteiger partial charge on any atom is -0.462 e. The van der Waals surface area contributed by atoms with Crippen molar-refractivity contribution in [3.8, 4) is 16.2 Å². The van der Waals surface area contributed by atoms with Crippen LogP contribution in [0.2, 0.25) is 0 Å². The predicted molar refractivity (Wildman–Crippen MR) is 97.4 cm³/mol. The Bertz CT molecular complexity index is 780. The van der Waals surface area contributed by atoms with Gasteiger partial charge in [0.05, 0.1) is 12.3 Å². The number of aliphatic hydroxyl groups is 4. The molecule has 1 aliphatic rings. The van der Waals surface area contributed by atoms with Gasteiger partial charge in [0, 0.05) is 10.3 Å². The molecule has 1 aromatic heterocycles. The second kappa shape index (κ2) is 8.21. The van der Waals surface area contributed by atoms with E-state index in [0.717, 1.165) is 10.4 Å². The van der Waals surface area contributed by atoms with E-state index >= 15 is 0 Å². The van der Waals surface area contributed by atoms with E-state index < -0.39 is 43.3 Å². The Morgan fingerprint density at radius 2 is 1.89 bits per heavy atom. The van der Waals surface area contributed by atoms with Gasteiger partial charge in [0.25, 0.3) is 0 Å². The van der Waals surface area contributed by atoms with Crippen LogP contribution in [0.25, 0.3) is 10.4 Å². The van der Waals surface area contributed by atoms with Crippen molar-refractivity contribution in [2.24, 2.45) is 5.73 Å². The van der Waals surface area contributed by atoms with Gasteiger partial charge in [-0.25, -0.2) is 4.79 Å². The molecular weight excluding hydrogens is 376 g/mol. The SMILES string of the molecule is NC(=O)Nc1csc(-c2ccc(O[C@H]3O[C@H](CO)[C@@H](O)[C@H](O)[C@@H]3O)cc2)c1. The van der Waals surface area contributed by atoms with Gasteiger partial charge < -0.3 is 41.0 Å². The molecule has 10 heteroatoms. The van der Waals surface area contributed by atoms with E-state index in [1.807, 2.05) is 0 Å². The zero-order valence-electron chi connectivity index (χ0n) is 14.1. The van der Waals surface area contributed by atoms with Crippen molar-refractivity contribution in [1.82, 2.24) is 0 Å². The lowest BCUT2D eigenvalue weighted by molar-refractivity contribution is -0.277. The number of nitrogens with one attached hydrogen (secondary N) is 1. The zero-order valence-corrected chi connectivity index (χ0v) is 14.9. The predicted octanol–water partition coefficient (Wildman–Crippen LogP) is 0.0844. The number of urea groups is 1. The van der Waals surface area contributed by atoms with Crippen LogP contribution < -0.4 is 15.8 Å². The number of hydrogen-bond acceptors (Lipinski definition) is 8. The molecule has 1 aliphatic heterocycles. The summed E-state index contributed by atoms with van der Waals surface area (Å²) in [7, 11) is 0. The summed E-state index contributed by atoms with van der Waals surface area (Å²) in [6.07, 6.45) is -6.67. The third kappa shape index (κ3) is 4.38. The van der Waals surface area contributed by atoms with E-state index in [2.05, 4.69) is 5.32 Å². The molecule has 0 spiro atoms. The van der Waals surface area contributed by atoms with Crippen molar-refractivity contribution >= 4 is 23.1 Å². The van der Waals surface area contributed by atoms with Crippen molar-refractivity contribution in [1.29, 1.82) is 0 Å². The summed E-state index contributed by atoms with van der Waals surface area (Å²) in [5.74, 6) is 0.370. The normalized spacial score (nSPS) is 27.9. The molecule has 146 valence electrons. The van der Waals surface area contributed by atoms with Crippen LogP contribution in [0.1, 0.15) is 0 Å². The number of aliphatic hydroxyl groups excluding tert-OH is 4. The van der Waals surface area contributed by atoms with E-state index in [-0.39, 0.29) is 0 Å². The second-order valence-electron chi connectivity index (χ2n) is 6.03. The summed E-state index contributed by atoms with van der Waals surface area (Å²) in [6.45, 7) is -0.524. The van der Waals surface area contributed by atoms with Gasteiger partial charge in [0.2, 0.25) is 6.29 Å². The molecule has 1 fully saturated rings. The Balaban J connectivity index is 1.68. The Morgan fingerprint density at radius 1 is 1.19 bits per heavy atom. The summed E-state index contributed by atoms with van der Waals surface area (Å²) in [5, 5.41) is 43.0. The van der Waals surface area contributed by atoms with E-state index in [9.17, 15) is 25.2 Å². The smallest absolute Gasteiger partial charge is 0.316 e. The van der Waals surface area contributed by atoms with Crippen LogP contribution in [-0.2, 0) is 4.74 Å². The number of carbonyl (C=O) groups excluding carboxylic acids is 1. The van der Waals surface area contributed by atoms with Gasteiger partial charge in [-0.05, 0) is 35.9 Å². The highest BCUT2D eigenvalue weighted by atomic mass is 32.1. The molecule has 0 saturated carbocycles. The molecule has 2 aromatic rings. The first-order valence-corrected chi connectivity index (χ1v) is 8.99. The Hall–Kier alpha value is -2.21. The average molecular weight is 396 g/mol. The fraction of sp³-hybridized carbons (Fsp3) is 0.353. The number of hydrogen-bond donors (Lipinski definition) is 6. The molecule has 27 heavy (non-hydrogen) atoms. The van der Waals surface area contributed by atoms with E-state index in [0.29, 0.717) is 11.4 Å². The van der Waals surface area contributed by atoms with Crippen LogP contribution >= 0.6 is 11.3 Å². The Labute approximate surface area is 158 Å². The lowest BCUT2D eigenvalue weighted by atomic mass is 9.99. The van der Waals surface area contributed by atoms with Crippen LogP contribution in [0.4, 0.5) is 10.5 Å². The average Bonchev–Trinajstić information content (AvgIpc) is 3.10. The number of rotatable bonds is 5. The van der Waals surface area contributed by atoms with E-state index in [1.165, 1.54) is 11.3 Å². The number of nitrogens with two attached hydrogens (primary N) is 1. The van der Waals surface area contributed by atoms with Crippen LogP contribution in [0.3, 0.4) is 0 Å². The summed E-state index contributed by atoms with van der Waals surface area (Å²) in [6, 6.07) is 8.00. The maximum atomic E-state index is 10.9. The van der Waals surface area contributed by atoms with Crippen LogP contribution in [0, 0.1) is 0 Å². The third-order valence-electron chi connectivity index (χ3n) is 4.11. The van der Waals surface area contributed by atoms with Crippen LogP contribution in [-0.4, -0.2) is 63.8 Å². The Kier molecular flexibility index (Phi) is 5.95. The molecule has 0 bridgehead atoms. The maximum absolute atomic E-state index is 10.9. The van der Waals surface area contributed by atoms with Gasteiger partial charge in [0.15, 0.2) is 0 Å². The fourth-order valence-corrected chi connectivity index (χ4v) is 3.54. The fourth-order valence-electron chi connectivity index (χ4n) is 2.69. The number of carbonyl (C=O) groups is 1. The summed E-state index contributed by atoms with van der Waals surface area (Å²) in [4.78, 5) is 11.8. The minimum atomic E-state index is -1.50. The molecule has 3 rings (SSSR count). The van der Waals surface area contributed by atoms with E-state index in [4.69, 9.17) is 15.2 Å². The van der Waals surface area contributed by atoms with Crippen molar-refractivity contribution in [2.45, 2.75) is 30.7 Å². The van der Waals surface area contributed by atoms with Gasteiger partial charge in [-0.1, -0.05) is 0 Å². The minimum absolute atomic E-state index is 0.370. The summed E-state index contributed by atoms with van der Waals surface area (Å²) < 4.78 is 10.8. The van der Waals surface area contributed by atoms with Gasteiger partial charge in [-0.15, -0.1) is 11.3 Å². The number of amides is 2. The first-order valence-electron chi connectivity index (χ1n) is 8.11. The number of anilines is 1. The molecule has 5 atom stereocenters. The van der Waals surface area contributed by atoms with Gasteiger partial charge in [0.1, 0.15) is 30.2 Å². The van der Waals surface area contributed by atoms with Gasteiger partial charge >= 0.3 is 6.03 Å². The molecule has 9 nitrogen and oxygen atoms in total. The van der Waals surface area contributed by atoms with Crippen molar-refractivity contribution in [3.05, 3.63) is 35.7 Å². The zero-order chi connectivity index (χ0) is 19.6. The molecule has 7 N–H and O–H groups in total. The van der Waals surface area contributed by atoms with Crippen molar-refractivity contribution in [3.63, 3.8) is 0 Å². The second-order valence-corrected chi connectivity index (χ2v) is 6.94. The highest BCUT2D eigenvalue weighted by Gasteiger charge is 2.44. The van der Waals surface area contributed by atoms with Crippen molar-refractivity contribution < 1.29 is 34.7 Å². The molecular formula is C17H20N2O7S. The molecule has 2 amide bonds. The lowest BCUT2D eigenvalue weighted by Crippen LogP contribution is -2.60. The lowest BCUT2D eigenvalue weighted by Gasteiger charge is -2.39. The third-order valence-corrected chi connectivity index (χ3v) is 5.09. The topological polar surface area (TPSA) is 154 Å². The van der Waals surface area contributed by atoms with Crippen molar-refractivity contribution in [2.75, 3.05) is 11.9 Å². The molecule has 0 radical (unpaired) electrons. The van der Waals surface area contributed by atoms with Crippen LogP contribution in [0.15, 0.2) is 35.7 Å². The number of thiophene rings is 1. The van der Waals surface area contributed by atoms with Gasteiger partial charge in [-0.3, -0.25) is 0 Å². The monoisotopic (exact) mass is 396 g/mol. The standard InChI is InChI=1S/C17H20N2O7S/c18-17(24)19-9-5-12(27-7-9)8-1-3-10(4-2-8)25-16-15(23)14(22)13(21)11(6-20)26-16/h1-5,7,11,13-16,20-23H,6H2,(H3,18,19,24)/t11-,13-,14+,15+,16+/m1/s1. The maximum Gasteiger partial charge on any atom is 0.316 e. The summed E-state index contributed by atoms with van der Waals surface area (Å²) in [5.41, 5.74) is 6.56. The van der Waals surface area contributed by atoms with E-state index in [1.54, 1.807) is 35.7 Å². The number of primary amides is 1. The van der Waals surface area contributed by atoms with Crippen LogP contribution in [0.5, 0.6) is 5.75 Å². The first kappa shape index (κ1) is 19.5. The molecule has 2 heterocycles. The molecule has 1 saturated heterocycles. The highest BCUT2D eigenvalue weighted by molar-refractivity contribution is 7.14. The Morgan fingerprint density at radius 3 is 2.52 bits per heavy atom. The quantitative estimate of drug-likeness (QED) is 0.418. The first-order chi connectivity index (χ1) is 12.9. The number of benzene rings is 1.